The minimum Gasteiger partial charge on any atom is -0.435 e. The average Bonchev–Trinajstić information content (AvgIpc) is 2.22. The number of aromatic nitrogens is 1. The molecule has 0 saturated heterocycles. The van der Waals surface area contributed by atoms with E-state index < -0.39 is 6.61 Å². The molecule has 0 saturated carbocycles. The van der Waals surface area contributed by atoms with Gasteiger partial charge in [0.2, 0.25) is 0 Å². The quantitative estimate of drug-likeness (QED) is 0.758. The van der Waals surface area contributed by atoms with Gasteiger partial charge in [0.15, 0.2) is 0 Å². The molecule has 0 bridgehead atoms. The molecule has 1 aromatic heterocycles. The van der Waals surface area contributed by atoms with Crippen molar-refractivity contribution in [1.29, 1.82) is 0 Å². The third kappa shape index (κ3) is 1.88. The summed E-state index contributed by atoms with van der Waals surface area (Å²) in [6.45, 7) is -1.06. The number of pyridine rings is 1. The largest absolute Gasteiger partial charge is 0.435 e. The summed E-state index contributed by atoms with van der Waals surface area (Å²) in [5.41, 5.74) is 1.46. The van der Waals surface area contributed by atoms with Crippen molar-refractivity contribution in [3.8, 4) is 5.75 Å². The number of hydrogen-bond acceptors (Lipinski definition) is 2. The van der Waals surface area contributed by atoms with E-state index in [9.17, 15) is 8.78 Å². The molecule has 0 amide bonds. The Morgan fingerprint density at radius 3 is 2.80 bits per heavy atom. The number of fused-ring (bicyclic) bond motifs is 1. The van der Waals surface area contributed by atoms with Crippen LogP contribution >= 0.6 is 0 Å². The fourth-order valence-corrected chi connectivity index (χ4v) is 1.50. The van der Waals surface area contributed by atoms with Crippen LogP contribution in [-0.4, -0.2) is 11.6 Å². The summed E-state index contributed by atoms with van der Waals surface area (Å²) in [7, 11) is 0. The van der Waals surface area contributed by atoms with E-state index in [4.69, 9.17) is 0 Å². The van der Waals surface area contributed by atoms with E-state index in [1.807, 2.05) is 6.07 Å². The Kier molecular flexibility index (Phi) is 2.49. The summed E-state index contributed by atoms with van der Waals surface area (Å²) < 4.78 is 28.5. The fourth-order valence-electron chi connectivity index (χ4n) is 1.50. The Bertz CT molecular complexity index is 485. The van der Waals surface area contributed by atoms with Crippen LogP contribution in [0.2, 0.25) is 0 Å². The second-order valence-electron chi connectivity index (χ2n) is 3.14. The highest BCUT2D eigenvalue weighted by atomic mass is 19.3. The van der Waals surface area contributed by atoms with Crippen molar-refractivity contribution in [3.63, 3.8) is 0 Å². The molecule has 4 heteroatoms. The lowest BCUT2D eigenvalue weighted by atomic mass is 10.1. The van der Waals surface area contributed by atoms with E-state index in [1.165, 1.54) is 6.07 Å². The number of rotatable bonds is 2. The van der Waals surface area contributed by atoms with Gasteiger partial charge in [0.25, 0.3) is 0 Å². The van der Waals surface area contributed by atoms with Gasteiger partial charge in [-0.15, -0.1) is 0 Å². The molecule has 0 aliphatic rings. The monoisotopic (exact) mass is 209 g/mol. The number of ether oxygens (including phenoxy) is 1. The van der Waals surface area contributed by atoms with Gasteiger partial charge in [-0.05, 0) is 25.1 Å². The molecule has 0 unspecified atom stereocenters. The molecule has 0 N–H and O–H groups in total. The Morgan fingerprint density at radius 1 is 1.27 bits per heavy atom. The first-order valence-electron chi connectivity index (χ1n) is 4.47. The molecule has 2 nitrogen and oxygen atoms in total. The molecule has 1 heterocycles. The minimum absolute atomic E-state index is 0.200. The predicted octanol–water partition coefficient (Wildman–Crippen LogP) is 3.14. The minimum atomic E-state index is -2.79. The van der Waals surface area contributed by atoms with Crippen LogP contribution in [0, 0.1) is 6.92 Å². The van der Waals surface area contributed by atoms with Gasteiger partial charge < -0.3 is 4.74 Å². The van der Waals surface area contributed by atoms with E-state index in [-0.39, 0.29) is 5.75 Å². The maximum atomic E-state index is 12.1. The van der Waals surface area contributed by atoms with Crippen LogP contribution in [-0.2, 0) is 0 Å². The van der Waals surface area contributed by atoms with Crippen LogP contribution < -0.4 is 4.74 Å². The topological polar surface area (TPSA) is 22.1 Å². The highest BCUT2D eigenvalue weighted by Crippen LogP contribution is 2.26. The van der Waals surface area contributed by atoms with E-state index >= 15 is 0 Å². The maximum Gasteiger partial charge on any atom is 0.387 e. The van der Waals surface area contributed by atoms with Gasteiger partial charge in [0.05, 0.1) is 5.52 Å². The highest BCUT2D eigenvalue weighted by Gasteiger charge is 2.09. The lowest BCUT2D eigenvalue weighted by Gasteiger charge is -2.09. The number of nitrogens with zero attached hydrogens (tertiary/aromatic N) is 1. The van der Waals surface area contributed by atoms with E-state index in [0.29, 0.717) is 5.56 Å². The van der Waals surface area contributed by atoms with E-state index in [1.54, 1.807) is 25.3 Å². The lowest BCUT2D eigenvalue weighted by molar-refractivity contribution is -0.0501. The molecule has 1 aromatic carbocycles. The third-order valence-corrected chi connectivity index (χ3v) is 2.22. The first kappa shape index (κ1) is 9.83. The summed E-state index contributed by atoms with van der Waals surface area (Å²) >= 11 is 0. The first-order valence-corrected chi connectivity index (χ1v) is 4.47. The number of aryl methyl sites for hydroxylation is 1. The standard InChI is InChI=1S/C11H9F2NO/c1-7-8-3-2-6-14-9(8)4-5-10(7)15-11(12)13/h2-6,11H,1H3. The second kappa shape index (κ2) is 3.81. The summed E-state index contributed by atoms with van der Waals surface area (Å²) in [5.74, 6) is 0.200. The second-order valence-corrected chi connectivity index (χ2v) is 3.14. The Labute approximate surface area is 85.5 Å². The van der Waals surface area contributed by atoms with Crippen LogP contribution in [0.3, 0.4) is 0 Å². The molecular weight excluding hydrogens is 200 g/mol. The predicted molar refractivity (Wildman–Crippen MR) is 53.1 cm³/mol. The Balaban J connectivity index is 2.55. The zero-order chi connectivity index (χ0) is 10.8. The molecule has 0 spiro atoms. The van der Waals surface area contributed by atoms with Crippen LogP contribution in [0.4, 0.5) is 8.78 Å². The number of benzene rings is 1. The van der Waals surface area contributed by atoms with Gasteiger partial charge in [-0.3, -0.25) is 4.98 Å². The van der Waals surface area contributed by atoms with Crippen molar-refractivity contribution in [3.05, 3.63) is 36.0 Å². The van der Waals surface area contributed by atoms with Crippen LogP contribution in [0.25, 0.3) is 10.9 Å². The first-order chi connectivity index (χ1) is 7.18. The summed E-state index contributed by atoms with van der Waals surface area (Å²) in [6.07, 6.45) is 1.66. The van der Waals surface area contributed by atoms with Crippen molar-refractivity contribution < 1.29 is 13.5 Å². The third-order valence-electron chi connectivity index (χ3n) is 2.22. The van der Waals surface area contributed by atoms with E-state index in [0.717, 1.165) is 10.9 Å². The number of halogens is 2. The van der Waals surface area contributed by atoms with Crippen LogP contribution in [0.5, 0.6) is 5.75 Å². The molecule has 2 rings (SSSR count). The Morgan fingerprint density at radius 2 is 2.07 bits per heavy atom. The van der Waals surface area contributed by atoms with Crippen molar-refractivity contribution in [1.82, 2.24) is 4.98 Å². The molecular formula is C11H9F2NO. The Hall–Kier alpha value is -1.71. The van der Waals surface area contributed by atoms with Crippen molar-refractivity contribution in [2.45, 2.75) is 13.5 Å². The highest BCUT2D eigenvalue weighted by molar-refractivity contribution is 5.84. The molecule has 0 atom stereocenters. The molecule has 0 aliphatic heterocycles. The van der Waals surface area contributed by atoms with Crippen LogP contribution in [0.1, 0.15) is 5.56 Å². The zero-order valence-electron chi connectivity index (χ0n) is 8.08. The van der Waals surface area contributed by atoms with E-state index in [2.05, 4.69) is 9.72 Å². The molecule has 2 aromatic rings. The van der Waals surface area contributed by atoms with Gasteiger partial charge in [0.1, 0.15) is 5.75 Å². The molecule has 0 fully saturated rings. The van der Waals surface area contributed by atoms with Crippen molar-refractivity contribution in [2.75, 3.05) is 0 Å². The molecule has 78 valence electrons. The fraction of sp³-hybridized carbons (Fsp3) is 0.182. The van der Waals surface area contributed by atoms with Gasteiger partial charge in [-0.25, -0.2) is 0 Å². The number of hydrogen-bond donors (Lipinski definition) is 0. The molecule has 15 heavy (non-hydrogen) atoms. The zero-order valence-corrected chi connectivity index (χ0v) is 8.08. The number of alkyl halides is 2. The van der Waals surface area contributed by atoms with Gasteiger partial charge in [0, 0.05) is 17.1 Å². The average molecular weight is 209 g/mol. The van der Waals surface area contributed by atoms with Crippen molar-refractivity contribution >= 4 is 10.9 Å². The summed E-state index contributed by atoms with van der Waals surface area (Å²) in [4.78, 5) is 4.12. The normalized spacial score (nSPS) is 10.9. The van der Waals surface area contributed by atoms with Crippen LogP contribution in [0.15, 0.2) is 30.5 Å². The summed E-state index contributed by atoms with van der Waals surface area (Å²) in [6, 6.07) is 6.77. The molecule has 0 radical (unpaired) electrons. The SMILES string of the molecule is Cc1c(OC(F)F)ccc2ncccc12. The summed E-state index contributed by atoms with van der Waals surface area (Å²) in [5, 5.41) is 0.829. The lowest BCUT2D eigenvalue weighted by Crippen LogP contribution is -2.03. The van der Waals surface area contributed by atoms with Gasteiger partial charge in [-0.2, -0.15) is 8.78 Å². The smallest absolute Gasteiger partial charge is 0.387 e. The maximum absolute atomic E-state index is 12.1. The molecule has 0 aliphatic carbocycles. The van der Waals surface area contributed by atoms with Gasteiger partial charge in [-0.1, -0.05) is 6.07 Å². The van der Waals surface area contributed by atoms with Crippen molar-refractivity contribution in [2.24, 2.45) is 0 Å². The van der Waals surface area contributed by atoms with Gasteiger partial charge >= 0.3 is 6.61 Å².